The third-order valence-corrected chi connectivity index (χ3v) is 5.99. The second kappa shape index (κ2) is 10.8. The van der Waals surface area contributed by atoms with Crippen LogP contribution in [0.2, 0.25) is 0 Å². The molecular weight excluding hydrogens is 487 g/mol. The fraction of sp³-hybridized carbons (Fsp3) is 0.350. The predicted octanol–water partition coefficient (Wildman–Crippen LogP) is 3.67. The van der Waals surface area contributed by atoms with Gasteiger partial charge in [-0.25, -0.2) is 18.1 Å². The fourth-order valence-corrected chi connectivity index (χ4v) is 3.87. The Hall–Kier alpha value is -1.65. The van der Waals surface area contributed by atoms with Crippen LogP contribution in [0.4, 0.5) is 5.69 Å². The Kier molecular flexibility index (Phi) is 8.71. The molecule has 2 aromatic rings. The molecule has 0 amide bonds. The zero-order chi connectivity index (χ0) is 19.1. The summed E-state index contributed by atoms with van der Waals surface area (Å²) in [7, 11) is -2.04. The average Bonchev–Trinajstić information content (AvgIpc) is 2.72. The number of benzene rings is 2. The largest absolute Gasteiger partial charge is 0.343 e. The van der Waals surface area contributed by atoms with Crippen LogP contribution in [0.3, 0.4) is 0 Å². The standard InChI is InChI=1S/C20H26N4O2S.HI/c1-21-27(25,26)19-12-8-9-17(15-19)16-22-20(24-13-6-3-7-14-24)23-18-10-4-2-5-11-18;/h2,4-5,8-12,15,21H,3,6-7,13-14,16H2,1H3,(H,22,23);1H. The lowest BCUT2D eigenvalue weighted by Gasteiger charge is -2.30. The predicted molar refractivity (Wildman–Crippen MR) is 125 cm³/mol. The average molecular weight is 514 g/mol. The molecule has 1 fully saturated rings. The number of nitrogens with zero attached hydrogens (tertiary/aromatic N) is 2. The van der Waals surface area contributed by atoms with Crippen molar-refractivity contribution in [2.45, 2.75) is 30.7 Å². The monoisotopic (exact) mass is 514 g/mol. The van der Waals surface area contributed by atoms with Gasteiger partial charge in [0.1, 0.15) is 0 Å². The third-order valence-electron chi connectivity index (χ3n) is 4.57. The topological polar surface area (TPSA) is 73.8 Å². The Bertz CT molecular complexity index is 882. The highest BCUT2D eigenvalue weighted by molar-refractivity contribution is 14.0. The second-order valence-electron chi connectivity index (χ2n) is 6.53. The van der Waals surface area contributed by atoms with Crippen LogP contribution in [0.25, 0.3) is 0 Å². The number of piperidine rings is 1. The van der Waals surface area contributed by atoms with Crippen LogP contribution in [0.15, 0.2) is 64.5 Å². The number of para-hydroxylation sites is 1. The lowest BCUT2D eigenvalue weighted by atomic mass is 10.1. The zero-order valence-electron chi connectivity index (χ0n) is 16.0. The number of sulfonamides is 1. The molecule has 0 spiro atoms. The van der Waals surface area contributed by atoms with Crippen molar-refractivity contribution in [2.75, 3.05) is 25.5 Å². The van der Waals surface area contributed by atoms with E-state index in [1.807, 2.05) is 36.4 Å². The maximum Gasteiger partial charge on any atom is 0.240 e. The van der Waals surface area contributed by atoms with Gasteiger partial charge in [-0.05, 0) is 56.1 Å². The molecule has 0 atom stereocenters. The first kappa shape index (κ1) is 22.6. The summed E-state index contributed by atoms with van der Waals surface area (Å²) < 4.78 is 26.4. The van der Waals surface area contributed by atoms with E-state index in [0.29, 0.717) is 6.54 Å². The van der Waals surface area contributed by atoms with Gasteiger partial charge in [-0.1, -0.05) is 30.3 Å². The normalized spacial score (nSPS) is 15.0. The number of guanidine groups is 1. The van der Waals surface area contributed by atoms with Gasteiger partial charge in [0.25, 0.3) is 0 Å². The van der Waals surface area contributed by atoms with E-state index >= 15 is 0 Å². The van der Waals surface area contributed by atoms with Crippen molar-refractivity contribution in [3.63, 3.8) is 0 Å². The number of hydrogen-bond donors (Lipinski definition) is 2. The highest BCUT2D eigenvalue weighted by Crippen LogP contribution is 2.15. The number of halogens is 1. The Balaban J connectivity index is 0.00000280. The molecule has 28 heavy (non-hydrogen) atoms. The van der Waals surface area contributed by atoms with Crippen molar-refractivity contribution in [3.05, 3.63) is 60.2 Å². The molecule has 8 heteroatoms. The van der Waals surface area contributed by atoms with Crippen molar-refractivity contribution >= 4 is 45.6 Å². The van der Waals surface area contributed by atoms with Crippen molar-refractivity contribution in [2.24, 2.45) is 4.99 Å². The van der Waals surface area contributed by atoms with Crippen molar-refractivity contribution in [1.29, 1.82) is 0 Å². The lowest BCUT2D eigenvalue weighted by molar-refractivity contribution is 0.340. The minimum atomic E-state index is -3.45. The molecule has 6 nitrogen and oxygen atoms in total. The number of nitrogens with one attached hydrogen (secondary N) is 2. The van der Waals surface area contributed by atoms with E-state index in [4.69, 9.17) is 4.99 Å². The molecule has 3 rings (SSSR count). The maximum atomic E-state index is 12.0. The van der Waals surface area contributed by atoms with Gasteiger partial charge in [0.15, 0.2) is 5.96 Å². The molecule has 2 N–H and O–H groups in total. The number of rotatable bonds is 5. The Morgan fingerprint density at radius 3 is 2.43 bits per heavy atom. The summed E-state index contributed by atoms with van der Waals surface area (Å²) in [6.45, 7) is 2.37. The Morgan fingerprint density at radius 1 is 1.04 bits per heavy atom. The Morgan fingerprint density at radius 2 is 1.75 bits per heavy atom. The van der Waals surface area contributed by atoms with Gasteiger partial charge >= 0.3 is 0 Å². The van der Waals surface area contributed by atoms with Crippen LogP contribution < -0.4 is 10.0 Å². The van der Waals surface area contributed by atoms with Gasteiger partial charge in [-0.15, -0.1) is 24.0 Å². The van der Waals surface area contributed by atoms with Gasteiger partial charge in [-0.3, -0.25) is 0 Å². The highest BCUT2D eigenvalue weighted by atomic mass is 127. The van der Waals surface area contributed by atoms with Crippen LogP contribution in [-0.4, -0.2) is 39.4 Å². The van der Waals surface area contributed by atoms with Gasteiger partial charge < -0.3 is 10.2 Å². The van der Waals surface area contributed by atoms with E-state index in [0.717, 1.165) is 43.1 Å². The summed E-state index contributed by atoms with van der Waals surface area (Å²) in [6.07, 6.45) is 3.57. The summed E-state index contributed by atoms with van der Waals surface area (Å²) in [6, 6.07) is 16.9. The van der Waals surface area contributed by atoms with E-state index in [2.05, 4.69) is 14.9 Å². The number of anilines is 1. The summed E-state index contributed by atoms with van der Waals surface area (Å²) in [5.41, 5.74) is 1.85. The van der Waals surface area contributed by atoms with E-state index < -0.39 is 10.0 Å². The van der Waals surface area contributed by atoms with Crippen molar-refractivity contribution in [1.82, 2.24) is 9.62 Å². The third kappa shape index (κ3) is 6.18. The number of hydrogen-bond acceptors (Lipinski definition) is 3. The molecular formula is C20H27IN4O2S. The van der Waals surface area contributed by atoms with Crippen LogP contribution in [0.5, 0.6) is 0 Å². The van der Waals surface area contributed by atoms with E-state index in [-0.39, 0.29) is 28.9 Å². The van der Waals surface area contributed by atoms with Crippen LogP contribution >= 0.6 is 24.0 Å². The molecule has 1 aliphatic rings. The molecule has 2 aromatic carbocycles. The lowest BCUT2D eigenvalue weighted by Crippen LogP contribution is -2.40. The Labute approximate surface area is 184 Å². The summed E-state index contributed by atoms with van der Waals surface area (Å²) in [5, 5.41) is 3.42. The van der Waals surface area contributed by atoms with Crippen LogP contribution in [0.1, 0.15) is 24.8 Å². The summed E-state index contributed by atoms with van der Waals surface area (Å²) >= 11 is 0. The SMILES string of the molecule is CNS(=O)(=O)c1cccc(CN=C(Nc2ccccc2)N2CCCCC2)c1.I. The smallest absolute Gasteiger partial charge is 0.240 e. The summed E-state index contributed by atoms with van der Waals surface area (Å²) in [5.74, 6) is 0.836. The minimum absolute atomic E-state index is 0. The van der Waals surface area contributed by atoms with Crippen LogP contribution in [0, 0.1) is 0 Å². The van der Waals surface area contributed by atoms with E-state index in [1.54, 1.807) is 18.2 Å². The number of likely N-dealkylation sites (tertiary alicyclic amines) is 1. The molecule has 152 valence electrons. The first-order chi connectivity index (χ1) is 13.1. The van der Waals surface area contributed by atoms with Gasteiger partial charge in [0.2, 0.25) is 10.0 Å². The molecule has 0 radical (unpaired) electrons. The number of aliphatic imine (C=N–C) groups is 1. The van der Waals surface area contributed by atoms with Gasteiger partial charge in [-0.2, -0.15) is 0 Å². The second-order valence-corrected chi connectivity index (χ2v) is 8.42. The highest BCUT2D eigenvalue weighted by Gasteiger charge is 2.15. The fourth-order valence-electron chi connectivity index (χ4n) is 3.07. The zero-order valence-corrected chi connectivity index (χ0v) is 19.1. The molecule has 1 aliphatic heterocycles. The molecule has 0 unspecified atom stereocenters. The van der Waals surface area contributed by atoms with Gasteiger partial charge in [0, 0.05) is 18.8 Å². The molecule has 0 bridgehead atoms. The quantitative estimate of drug-likeness (QED) is 0.363. The van der Waals surface area contributed by atoms with Crippen molar-refractivity contribution in [3.8, 4) is 0 Å². The first-order valence-corrected chi connectivity index (χ1v) is 10.7. The minimum Gasteiger partial charge on any atom is -0.343 e. The van der Waals surface area contributed by atoms with Crippen molar-refractivity contribution < 1.29 is 8.42 Å². The molecule has 0 aromatic heterocycles. The first-order valence-electron chi connectivity index (χ1n) is 9.22. The van der Waals surface area contributed by atoms with E-state index in [9.17, 15) is 8.42 Å². The molecule has 0 saturated carbocycles. The summed E-state index contributed by atoms with van der Waals surface area (Å²) in [4.78, 5) is 7.30. The van der Waals surface area contributed by atoms with Gasteiger partial charge in [0.05, 0.1) is 11.4 Å². The molecule has 1 heterocycles. The van der Waals surface area contributed by atoms with E-state index in [1.165, 1.54) is 13.5 Å². The maximum absolute atomic E-state index is 12.0. The molecule has 0 aliphatic carbocycles. The molecule has 1 saturated heterocycles. The van der Waals surface area contributed by atoms with Crippen LogP contribution in [-0.2, 0) is 16.6 Å².